The zero-order chi connectivity index (χ0) is 23.3. The van der Waals surface area contributed by atoms with Gasteiger partial charge in [0, 0.05) is 39.1 Å². The van der Waals surface area contributed by atoms with Gasteiger partial charge in [0.25, 0.3) is 0 Å². The molecule has 0 unspecified atom stereocenters. The maximum absolute atomic E-state index is 12.6. The van der Waals surface area contributed by atoms with Gasteiger partial charge in [0.2, 0.25) is 0 Å². The van der Waals surface area contributed by atoms with E-state index in [-0.39, 0.29) is 23.2 Å². The first-order valence-electron chi connectivity index (χ1n) is 10.4. The van der Waals surface area contributed by atoms with Crippen molar-refractivity contribution in [3.8, 4) is 28.6 Å². The first kappa shape index (κ1) is 23.4. The van der Waals surface area contributed by atoms with E-state index in [9.17, 15) is 15.0 Å². The van der Waals surface area contributed by atoms with Crippen molar-refractivity contribution >= 4 is 5.69 Å². The minimum Gasteiger partial charge on any atom is -0.508 e. The standard InChI is InChI=1S/C23H30N4O5/c1-15(2)18-13-19(21(29)14-20(18)28)22-24-25-23(30)27(22)17-7-5-16(6-8-17)26(9-11-31-3)10-12-32-4/h5-8,13-15,28-29H,9-12H2,1-4H3,(H,25,30). The lowest BCUT2D eigenvalue weighted by Gasteiger charge is -2.24. The molecule has 0 atom stereocenters. The second-order valence-electron chi connectivity index (χ2n) is 7.76. The molecule has 3 rings (SSSR count). The highest BCUT2D eigenvalue weighted by Gasteiger charge is 2.19. The van der Waals surface area contributed by atoms with Crippen molar-refractivity contribution in [3.05, 3.63) is 52.4 Å². The summed E-state index contributed by atoms with van der Waals surface area (Å²) >= 11 is 0. The predicted molar refractivity (Wildman–Crippen MR) is 123 cm³/mol. The number of aromatic amines is 1. The summed E-state index contributed by atoms with van der Waals surface area (Å²) < 4.78 is 11.8. The van der Waals surface area contributed by atoms with Gasteiger partial charge in [-0.1, -0.05) is 13.8 Å². The third-order valence-electron chi connectivity index (χ3n) is 5.28. The van der Waals surface area contributed by atoms with Crippen molar-refractivity contribution in [2.45, 2.75) is 19.8 Å². The number of benzene rings is 2. The summed E-state index contributed by atoms with van der Waals surface area (Å²) in [5.41, 5.74) is 2.15. The van der Waals surface area contributed by atoms with Crippen LogP contribution in [0.25, 0.3) is 17.1 Å². The minimum absolute atomic E-state index is 0.00208. The van der Waals surface area contributed by atoms with Crippen LogP contribution in [0.4, 0.5) is 5.69 Å². The molecule has 0 bridgehead atoms. The summed E-state index contributed by atoms with van der Waals surface area (Å²) in [7, 11) is 3.32. The molecule has 0 radical (unpaired) electrons. The maximum Gasteiger partial charge on any atom is 0.348 e. The SMILES string of the molecule is COCCN(CCOC)c1ccc(-n2c(-c3cc(C(C)C)c(O)cc3O)n[nH]c2=O)cc1. The second kappa shape index (κ2) is 10.3. The van der Waals surface area contributed by atoms with Gasteiger partial charge in [-0.05, 0) is 41.8 Å². The van der Waals surface area contributed by atoms with Crippen molar-refractivity contribution in [1.82, 2.24) is 14.8 Å². The fourth-order valence-corrected chi connectivity index (χ4v) is 3.54. The van der Waals surface area contributed by atoms with E-state index >= 15 is 0 Å². The number of hydrogen-bond donors (Lipinski definition) is 3. The molecule has 1 aromatic heterocycles. The quantitative estimate of drug-likeness (QED) is 0.442. The highest BCUT2D eigenvalue weighted by Crippen LogP contribution is 2.37. The molecule has 9 nitrogen and oxygen atoms in total. The van der Waals surface area contributed by atoms with Crippen molar-refractivity contribution in [1.29, 1.82) is 0 Å². The molecule has 0 saturated heterocycles. The van der Waals surface area contributed by atoms with Crippen LogP contribution in [0, 0.1) is 0 Å². The molecular weight excluding hydrogens is 412 g/mol. The Morgan fingerprint density at radius 1 is 1.03 bits per heavy atom. The molecule has 32 heavy (non-hydrogen) atoms. The molecule has 3 N–H and O–H groups in total. The fraction of sp³-hybridized carbons (Fsp3) is 0.391. The Bertz CT molecular complexity index is 1080. The van der Waals surface area contributed by atoms with Crippen LogP contribution >= 0.6 is 0 Å². The van der Waals surface area contributed by atoms with Gasteiger partial charge in [-0.3, -0.25) is 0 Å². The van der Waals surface area contributed by atoms with E-state index in [0.717, 1.165) is 5.69 Å². The van der Waals surface area contributed by atoms with Crippen molar-refractivity contribution in [2.24, 2.45) is 0 Å². The van der Waals surface area contributed by atoms with E-state index in [1.54, 1.807) is 20.3 Å². The van der Waals surface area contributed by atoms with E-state index in [0.29, 0.717) is 43.1 Å². The number of aromatic nitrogens is 3. The van der Waals surface area contributed by atoms with Crippen molar-refractivity contribution < 1.29 is 19.7 Å². The van der Waals surface area contributed by atoms with Gasteiger partial charge in [-0.25, -0.2) is 14.5 Å². The van der Waals surface area contributed by atoms with E-state index in [4.69, 9.17) is 9.47 Å². The molecule has 0 aliphatic carbocycles. The van der Waals surface area contributed by atoms with Crippen LogP contribution in [-0.4, -0.2) is 65.5 Å². The summed E-state index contributed by atoms with van der Waals surface area (Å²) in [4.78, 5) is 14.7. The summed E-state index contributed by atoms with van der Waals surface area (Å²) in [6, 6.07) is 10.4. The van der Waals surface area contributed by atoms with Crippen molar-refractivity contribution in [2.75, 3.05) is 45.4 Å². The molecule has 1 heterocycles. The molecule has 172 valence electrons. The van der Waals surface area contributed by atoms with Crippen LogP contribution in [0.2, 0.25) is 0 Å². The number of anilines is 1. The summed E-state index contributed by atoms with van der Waals surface area (Å²) in [5, 5.41) is 27.2. The minimum atomic E-state index is -0.429. The molecule has 0 aliphatic rings. The summed E-state index contributed by atoms with van der Waals surface area (Å²) in [6.07, 6.45) is 0. The van der Waals surface area contributed by atoms with E-state index in [2.05, 4.69) is 15.1 Å². The topological polar surface area (TPSA) is 113 Å². The number of hydrogen-bond acceptors (Lipinski definition) is 7. The largest absolute Gasteiger partial charge is 0.508 e. The molecule has 9 heteroatoms. The fourth-order valence-electron chi connectivity index (χ4n) is 3.54. The highest BCUT2D eigenvalue weighted by molar-refractivity contribution is 5.69. The number of nitrogens with zero attached hydrogens (tertiary/aromatic N) is 3. The number of aromatic hydroxyl groups is 2. The third-order valence-corrected chi connectivity index (χ3v) is 5.28. The summed E-state index contributed by atoms with van der Waals surface area (Å²) in [6.45, 7) is 6.44. The maximum atomic E-state index is 12.6. The Hall–Kier alpha value is -3.30. The van der Waals surface area contributed by atoms with Gasteiger partial charge in [-0.15, -0.1) is 0 Å². The number of methoxy groups -OCH3 is 2. The Labute approximate surface area is 186 Å². The lowest BCUT2D eigenvalue weighted by molar-refractivity contribution is 0.190. The Kier molecular flexibility index (Phi) is 7.55. The van der Waals surface area contributed by atoms with Crippen LogP contribution in [-0.2, 0) is 9.47 Å². The normalized spacial score (nSPS) is 11.3. The molecule has 0 fully saturated rings. The van der Waals surface area contributed by atoms with Gasteiger partial charge < -0.3 is 24.6 Å². The molecule has 3 aromatic rings. The Morgan fingerprint density at radius 3 is 2.22 bits per heavy atom. The number of nitrogens with one attached hydrogen (secondary N) is 1. The number of phenols is 2. The van der Waals surface area contributed by atoms with E-state index < -0.39 is 5.69 Å². The van der Waals surface area contributed by atoms with Gasteiger partial charge >= 0.3 is 5.69 Å². The van der Waals surface area contributed by atoms with Gasteiger partial charge in [0.05, 0.1) is 24.5 Å². The summed E-state index contributed by atoms with van der Waals surface area (Å²) in [5.74, 6) is 0.132. The average Bonchev–Trinajstić information content (AvgIpc) is 3.15. The smallest absolute Gasteiger partial charge is 0.348 e. The zero-order valence-corrected chi connectivity index (χ0v) is 18.8. The number of phenolic OH excluding ortho intramolecular Hbond substituents is 2. The number of ether oxygens (including phenoxy) is 2. The number of H-pyrrole nitrogens is 1. The molecule has 0 amide bonds. The Balaban J connectivity index is 2.00. The van der Waals surface area contributed by atoms with Crippen LogP contribution < -0.4 is 10.6 Å². The van der Waals surface area contributed by atoms with E-state index in [1.807, 2.05) is 38.1 Å². The lowest BCUT2D eigenvalue weighted by Crippen LogP contribution is -2.30. The molecule has 0 spiro atoms. The van der Waals surface area contributed by atoms with Crippen LogP contribution in [0.15, 0.2) is 41.2 Å². The second-order valence-corrected chi connectivity index (χ2v) is 7.76. The Morgan fingerprint density at radius 2 is 1.66 bits per heavy atom. The highest BCUT2D eigenvalue weighted by atomic mass is 16.5. The van der Waals surface area contributed by atoms with Gasteiger partial charge in [0.1, 0.15) is 11.5 Å². The molecule has 0 saturated carbocycles. The molecule has 2 aromatic carbocycles. The lowest BCUT2D eigenvalue weighted by atomic mass is 9.98. The number of rotatable bonds is 10. The van der Waals surface area contributed by atoms with E-state index in [1.165, 1.54) is 10.6 Å². The third kappa shape index (κ3) is 4.95. The zero-order valence-electron chi connectivity index (χ0n) is 18.8. The predicted octanol–water partition coefficient (Wildman–Crippen LogP) is 2.86. The monoisotopic (exact) mass is 442 g/mol. The van der Waals surface area contributed by atoms with Crippen LogP contribution in [0.3, 0.4) is 0 Å². The van der Waals surface area contributed by atoms with Crippen molar-refractivity contribution in [3.63, 3.8) is 0 Å². The van der Waals surface area contributed by atoms with Gasteiger partial charge in [0.15, 0.2) is 5.82 Å². The van der Waals surface area contributed by atoms with Crippen LogP contribution in [0.1, 0.15) is 25.3 Å². The van der Waals surface area contributed by atoms with Crippen LogP contribution in [0.5, 0.6) is 11.5 Å². The molecular formula is C23H30N4O5. The first-order chi connectivity index (χ1) is 15.4. The molecule has 0 aliphatic heterocycles. The van der Waals surface area contributed by atoms with Gasteiger partial charge in [-0.2, -0.15) is 5.10 Å². The average molecular weight is 443 g/mol. The first-order valence-corrected chi connectivity index (χ1v) is 10.4.